The summed E-state index contributed by atoms with van der Waals surface area (Å²) in [5.74, 6) is 0. The van der Waals surface area contributed by atoms with Crippen molar-refractivity contribution in [1.29, 1.82) is 0 Å². The molecule has 0 aliphatic carbocycles. The Morgan fingerprint density at radius 1 is 0.680 bits per heavy atom. The van der Waals surface area contributed by atoms with Crippen molar-refractivity contribution in [2.24, 2.45) is 0 Å². The lowest BCUT2D eigenvalue weighted by atomic mass is 10.1. The number of rotatable bonds is 18. The monoisotopic (exact) mass is 378 g/mol. The Hall–Kier alpha value is 0.110. The molecule has 1 atom stereocenters. The fourth-order valence-corrected chi connectivity index (χ4v) is 5.65. The maximum absolute atomic E-state index is 13.4. The first-order chi connectivity index (χ1) is 12.0. The highest BCUT2D eigenvalue weighted by molar-refractivity contribution is 7.60. The van der Waals surface area contributed by atoms with Gasteiger partial charge in [0.2, 0.25) is 5.53 Å². The third kappa shape index (κ3) is 10.1. The molecule has 0 N–H and O–H groups in total. The normalized spacial score (nSPS) is 14.6. The zero-order valence-corrected chi connectivity index (χ0v) is 18.4. The predicted octanol–water partition coefficient (Wildman–Crippen LogP) is 6.97. The van der Waals surface area contributed by atoms with Gasteiger partial charge in [0.15, 0.2) is 0 Å². The predicted molar refractivity (Wildman–Crippen MR) is 108 cm³/mol. The molecule has 0 aromatic rings. The Balaban J connectivity index is 4.19. The molecule has 1 unspecified atom stereocenters. The Bertz CT molecular complexity index is 341. The molecule has 0 bridgehead atoms. The van der Waals surface area contributed by atoms with Crippen LogP contribution in [-0.4, -0.2) is 31.5 Å². The fourth-order valence-electron chi connectivity index (χ4n) is 3.17. The highest BCUT2D eigenvalue weighted by Crippen LogP contribution is 2.60. The summed E-state index contributed by atoms with van der Waals surface area (Å²) in [6, 6.07) is 0. The van der Waals surface area contributed by atoms with Crippen LogP contribution in [0.4, 0.5) is 0 Å². The van der Waals surface area contributed by atoms with E-state index in [1.54, 1.807) is 6.92 Å². The van der Waals surface area contributed by atoms with Gasteiger partial charge in [-0.1, -0.05) is 64.7 Å². The molecule has 0 radical (unpaired) electrons. The fraction of sp³-hybridized carbons (Fsp3) is 1.00. The van der Waals surface area contributed by atoms with E-state index in [0.29, 0.717) is 26.0 Å². The molecule has 0 aromatic carbocycles. The van der Waals surface area contributed by atoms with Crippen molar-refractivity contribution in [2.75, 3.05) is 26.0 Å². The quantitative estimate of drug-likeness (QED) is 0.147. The van der Waals surface area contributed by atoms with Crippen LogP contribution in [0.3, 0.4) is 0 Å². The average molecular weight is 379 g/mol. The van der Waals surface area contributed by atoms with Gasteiger partial charge in [-0.2, -0.15) is 0 Å². The van der Waals surface area contributed by atoms with E-state index in [0.717, 1.165) is 12.8 Å². The summed E-state index contributed by atoms with van der Waals surface area (Å²) < 4.78 is 30.5. The summed E-state index contributed by atoms with van der Waals surface area (Å²) >= 11 is 0. The lowest BCUT2D eigenvalue weighted by molar-refractivity contribution is -0.168. The number of hydrogen-bond acceptors (Lipinski definition) is 4. The molecule has 5 heteroatoms. The van der Waals surface area contributed by atoms with Crippen molar-refractivity contribution in [2.45, 2.75) is 104 Å². The van der Waals surface area contributed by atoms with Gasteiger partial charge in [0.25, 0.3) is 7.37 Å². The second-order valence-electron chi connectivity index (χ2n) is 6.76. The van der Waals surface area contributed by atoms with Crippen LogP contribution in [0.15, 0.2) is 0 Å². The van der Waals surface area contributed by atoms with Crippen LogP contribution in [0, 0.1) is 0 Å². The van der Waals surface area contributed by atoms with Crippen molar-refractivity contribution in [1.82, 2.24) is 0 Å². The van der Waals surface area contributed by atoms with Gasteiger partial charge >= 0.3 is 0 Å². The van der Waals surface area contributed by atoms with Gasteiger partial charge < -0.3 is 14.0 Å². The molecule has 0 aliphatic heterocycles. The van der Waals surface area contributed by atoms with Crippen molar-refractivity contribution in [3.05, 3.63) is 0 Å². The summed E-state index contributed by atoms with van der Waals surface area (Å²) in [7, 11) is -2.99. The molecule has 152 valence electrons. The molecule has 0 rings (SSSR count). The number of hydrogen-bond donors (Lipinski definition) is 0. The van der Waals surface area contributed by atoms with Crippen LogP contribution in [0.1, 0.15) is 98.8 Å². The minimum atomic E-state index is -2.99. The molecule has 0 saturated heterocycles. The van der Waals surface area contributed by atoms with Crippen molar-refractivity contribution in [3.8, 4) is 0 Å². The average Bonchev–Trinajstić information content (AvgIpc) is 2.57. The smallest absolute Gasteiger partial charge is 0.260 e. The standard InChI is InChI=1S/C20H43O4P/c1-6-10-11-12-13-14-15-16-17-18-19-25(21,24-9-4)20(5,22-7-2)23-8-3/h6-19H2,1-5H3. The summed E-state index contributed by atoms with van der Waals surface area (Å²) in [4.78, 5) is 0. The van der Waals surface area contributed by atoms with Gasteiger partial charge in [-0.25, -0.2) is 0 Å². The Kier molecular flexibility index (Phi) is 15.3. The second-order valence-corrected chi connectivity index (χ2v) is 9.63. The Morgan fingerprint density at radius 2 is 1.12 bits per heavy atom. The van der Waals surface area contributed by atoms with Crippen LogP contribution in [-0.2, 0) is 18.6 Å². The van der Waals surface area contributed by atoms with E-state index in [1.165, 1.54) is 51.4 Å². The van der Waals surface area contributed by atoms with E-state index >= 15 is 0 Å². The molecular weight excluding hydrogens is 335 g/mol. The van der Waals surface area contributed by atoms with Crippen LogP contribution >= 0.6 is 7.37 Å². The highest BCUT2D eigenvalue weighted by Gasteiger charge is 2.47. The van der Waals surface area contributed by atoms with Crippen LogP contribution in [0.2, 0.25) is 0 Å². The molecule has 0 fully saturated rings. The largest absolute Gasteiger partial charge is 0.342 e. The van der Waals surface area contributed by atoms with Crippen LogP contribution in [0.5, 0.6) is 0 Å². The number of unbranched alkanes of at least 4 members (excludes halogenated alkanes) is 9. The molecule has 0 aromatic heterocycles. The van der Waals surface area contributed by atoms with Gasteiger partial charge in [0.1, 0.15) is 0 Å². The highest BCUT2D eigenvalue weighted by atomic mass is 31.2. The molecule has 25 heavy (non-hydrogen) atoms. The van der Waals surface area contributed by atoms with E-state index in [9.17, 15) is 4.57 Å². The molecular formula is C20H43O4P. The molecule has 0 spiro atoms. The molecule has 4 nitrogen and oxygen atoms in total. The lowest BCUT2D eigenvalue weighted by Gasteiger charge is -2.36. The minimum absolute atomic E-state index is 0.421. The van der Waals surface area contributed by atoms with E-state index in [4.69, 9.17) is 14.0 Å². The molecule has 0 aliphatic rings. The first kappa shape index (κ1) is 25.1. The number of ether oxygens (including phenoxy) is 2. The summed E-state index contributed by atoms with van der Waals surface area (Å²) in [6.45, 7) is 11.0. The first-order valence-corrected chi connectivity index (χ1v) is 12.3. The van der Waals surface area contributed by atoms with Crippen LogP contribution < -0.4 is 0 Å². The Labute approximate surface area is 156 Å². The minimum Gasteiger partial charge on any atom is -0.342 e. The molecule has 0 amide bonds. The van der Waals surface area contributed by atoms with Crippen molar-refractivity contribution >= 4 is 7.37 Å². The zero-order chi connectivity index (χ0) is 19.0. The van der Waals surface area contributed by atoms with Gasteiger partial charge in [-0.15, -0.1) is 0 Å². The zero-order valence-electron chi connectivity index (χ0n) is 17.5. The summed E-state index contributed by atoms with van der Waals surface area (Å²) in [5.41, 5.74) is -1.12. The van der Waals surface area contributed by atoms with Gasteiger partial charge in [-0.3, -0.25) is 4.57 Å². The SMILES string of the molecule is CCCCCCCCCCCCP(=O)(OCC)C(C)(OCC)OCC. The molecule has 0 saturated carbocycles. The Morgan fingerprint density at radius 3 is 1.52 bits per heavy atom. The van der Waals surface area contributed by atoms with E-state index in [1.807, 2.05) is 20.8 Å². The lowest BCUT2D eigenvalue weighted by Crippen LogP contribution is -2.34. The van der Waals surface area contributed by atoms with Gasteiger partial charge in [0.05, 0.1) is 6.61 Å². The van der Waals surface area contributed by atoms with Crippen LogP contribution in [0.25, 0.3) is 0 Å². The summed E-state index contributed by atoms with van der Waals surface area (Å²) in [5, 5.41) is 0. The van der Waals surface area contributed by atoms with E-state index in [-0.39, 0.29) is 0 Å². The van der Waals surface area contributed by atoms with Crippen molar-refractivity contribution in [3.63, 3.8) is 0 Å². The second kappa shape index (κ2) is 15.2. The first-order valence-electron chi connectivity index (χ1n) is 10.5. The van der Waals surface area contributed by atoms with Gasteiger partial charge in [0, 0.05) is 19.4 Å². The maximum Gasteiger partial charge on any atom is 0.260 e. The molecule has 0 heterocycles. The van der Waals surface area contributed by atoms with Gasteiger partial charge in [-0.05, 0) is 34.1 Å². The topological polar surface area (TPSA) is 44.8 Å². The van der Waals surface area contributed by atoms with E-state index in [2.05, 4.69) is 6.92 Å². The summed E-state index contributed by atoms with van der Waals surface area (Å²) in [6.07, 6.45) is 13.1. The van der Waals surface area contributed by atoms with E-state index < -0.39 is 12.9 Å². The van der Waals surface area contributed by atoms with Crippen molar-refractivity contribution < 1.29 is 18.6 Å². The third-order valence-corrected chi connectivity index (χ3v) is 7.66. The maximum atomic E-state index is 13.4. The third-order valence-electron chi connectivity index (χ3n) is 4.59.